The predicted molar refractivity (Wildman–Crippen MR) is 90.6 cm³/mol. The van der Waals surface area contributed by atoms with E-state index in [0.717, 1.165) is 42.3 Å². The maximum atomic E-state index is 12.7. The summed E-state index contributed by atoms with van der Waals surface area (Å²) in [5.74, 6) is -0.103. The Labute approximate surface area is 132 Å². The molecule has 0 radical (unpaired) electrons. The smallest absolute Gasteiger partial charge is 0.239 e. The molecule has 1 aliphatic rings. The first-order chi connectivity index (χ1) is 10.1. The molecule has 0 spiro atoms. The molecule has 0 unspecified atom stereocenters. The van der Waals surface area contributed by atoms with Crippen LogP contribution >= 0.6 is 23.6 Å². The molecule has 2 aromatic rings. The van der Waals surface area contributed by atoms with Gasteiger partial charge in [0.2, 0.25) is 5.91 Å². The summed E-state index contributed by atoms with van der Waals surface area (Å²) in [6.07, 6.45) is 4.59. The average Bonchev–Trinajstić information content (AvgIpc) is 2.89. The Bertz CT molecular complexity index is 656. The first kappa shape index (κ1) is 14.4. The van der Waals surface area contributed by atoms with Crippen molar-refractivity contribution in [2.45, 2.75) is 32.1 Å². The molecule has 1 saturated carbocycles. The molecule has 1 aromatic carbocycles. The summed E-state index contributed by atoms with van der Waals surface area (Å²) >= 11 is 6.66. The Morgan fingerprint density at radius 3 is 2.67 bits per heavy atom. The van der Waals surface area contributed by atoms with Crippen molar-refractivity contribution in [1.82, 2.24) is 4.98 Å². The summed E-state index contributed by atoms with van der Waals surface area (Å²) < 4.78 is 1.06. The highest BCUT2D eigenvalue weighted by molar-refractivity contribution is 7.80. The number of carbonyl (C=O) groups excluding carboxylic acids is 1. The third-order valence-corrected chi connectivity index (χ3v) is 5.47. The van der Waals surface area contributed by atoms with E-state index in [2.05, 4.69) is 10.3 Å². The van der Waals surface area contributed by atoms with Crippen LogP contribution in [0.15, 0.2) is 24.3 Å². The highest BCUT2D eigenvalue weighted by atomic mass is 32.1. The standard InChI is InChI=1S/C15H17N3OS2/c16-12(20)15(8-4-1-5-9-15)13(19)18-14-17-10-6-2-3-7-11(10)21-14/h2-3,6-7H,1,4-5,8-9H2,(H2,16,20)(H,17,18,19). The molecule has 6 heteroatoms. The minimum atomic E-state index is -0.703. The van der Waals surface area contributed by atoms with Gasteiger partial charge in [0, 0.05) is 0 Å². The van der Waals surface area contributed by atoms with Crippen LogP contribution in [0.3, 0.4) is 0 Å². The lowest BCUT2D eigenvalue weighted by molar-refractivity contribution is -0.123. The van der Waals surface area contributed by atoms with Gasteiger partial charge in [-0.25, -0.2) is 4.98 Å². The van der Waals surface area contributed by atoms with E-state index in [4.69, 9.17) is 18.0 Å². The van der Waals surface area contributed by atoms with Gasteiger partial charge in [0.1, 0.15) is 0 Å². The van der Waals surface area contributed by atoms with E-state index in [1.165, 1.54) is 11.3 Å². The fourth-order valence-electron chi connectivity index (χ4n) is 2.88. The molecule has 0 bridgehead atoms. The van der Waals surface area contributed by atoms with Crippen LogP contribution in [0.5, 0.6) is 0 Å². The van der Waals surface area contributed by atoms with Crippen molar-refractivity contribution in [2.24, 2.45) is 11.1 Å². The number of thiazole rings is 1. The van der Waals surface area contributed by atoms with Crippen LogP contribution in [-0.4, -0.2) is 15.9 Å². The summed E-state index contributed by atoms with van der Waals surface area (Å²) in [4.78, 5) is 17.4. The van der Waals surface area contributed by atoms with Gasteiger partial charge in [0.25, 0.3) is 0 Å². The van der Waals surface area contributed by atoms with Crippen molar-refractivity contribution in [2.75, 3.05) is 5.32 Å². The summed E-state index contributed by atoms with van der Waals surface area (Å²) in [5.41, 5.74) is 6.08. The van der Waals surface area contributed by atoms with Crippen molar-refractivity contribution in [3.05, 3.63) is 24.3 Å². The molecule has 1 amide bonds. The minimum Gasteiger partial charge on any atom is -0.392 e. The quantitative estimate of drug-likeness (QED) is 0.850. The van der Waals surface area contributed by atoms with Crippen molar-refractivity contribution < 1.29 is 4.79 Å². The lowest BCUT2D eigenvalue weighted by Crippen LogP contribution is -2.47. The molecule has 0 saturated heterocycles. The maximum absolute atomic E-state index is 12.7. The molecule has 1 fully saturated rings. The Morgan fingerprint density at radius 2 is 2.00 bits per heavy atom. The van der Waals surface area contributed by atoms with Crippen molar-refractivity contribution >= 4 is 49.8 Å². The molecule has 0 atom stereocenters. The molecule has 110 valence electrons. The predicted octanol–water partition coefficient (Wildman–Crippen LogP) is 3.47. The number of anilines is 1. The summed E-state index contributed by atoms with van der Waals surface area (Å²) in [5, 5.41) is 3.54. The number of nitrogens with zero attached hydrogens (tertiary/aromatic N) is 1. The number of fused-ring (bicyclic) bond motifs is 1. The van der Waals surface area contributed by atoms with Gasteiger partial charge in [-0.1, -0.05) is 54.9 Å². The largest absolute Gasteiger partial charge is 0.392 e. The SMILES string of the molecule is NC(=S)C1(C(=O)Nc2nc3ccccc3s2)CCCCC1. The van der Waals surface area contributed by atoms with E-state index in [1.807, 2.05) is 24.3 Å². The number of hydrogen-bond acceptors (Lipinski definition) is 4. The minimum absolute atomic E-state index is 0.103. The molecule has 1 aliphatic carbocycles. The van der Waals surface area contributed by atoms with Crippen molar-refractivity contribution in [1.29, 1.82) is 0 Å². The first-order valence-corrected chi connectivity index (χ1v) is 8.31. The van der Waals surface area contributed by atoms with Crippen LogP contribution in [0.25, 0.3) is 10.2 Å². The number of para-hydroxylation sites is 1. The van der Waals surface area contributed by atoms with E-state index in [-0.39, 0.29) is 5.91 Å². The number of nitrogens with one attached hydrogen (secondary N) is 1. The second-order valence-electron chi connectivity index (χ2n) is 5.45. The van der Waals surface area contributed by atoms with Crippen molar-refractivity contribution in [3.63, 3.8) is 0 Å². The Kier molecular flexibility index (Phi) is 3.91. The van der Waals surface area contributed by atoms with E-state index in [9.17, 15) is 4.79 Å². The molecule has 4 nitrogen and oxygen atoms in total. The Balaban J connectivity index is 1.85. The number of rotatable bonds is 3. The zero-order valence-electron chi connectivity index (χ0n) is 11.6. The molecule has 3 rings (SSSR count). The van der Waals surface area contributed by atoms with E-state index in [0.29, 0.717) is 10.1 Å². The Hall–Kier alpha value is -1.53. The molecule has 1 aromatic heterocycles. The van der Waals surface area contributed by atoms with Gasteiger partial charge < -0.3 is 11.1 Å². The highest BCUT2D eigenvalue weighted by Crippen LogP contribution is 2.38. The van der Waals surface area contributed by atoms with Crippen LogP contribution < -0.4 is 11.1 Å². The normalized spacial score (nSPS) is 17.5. The summed E-state index contributed by atoms with van der Waals surface area (Å²) in [6.45, 7) is 0. The van der Waals surface area contributed by atoms with Gasteiger partial charge in [-0.15, -0.1) is 0 Å². The number of hydrogen-bond donors (Lipinski definition) is 2. The number of nitrogens with two attached hydrogens (primary N) is 1. The summed E-state index contributed by atoms with van der Waals surface area (Å²) in [7, 11) is 0. The second kappa shape index (κ2) is 5.69. The fourth-order valence-corrected chi connectivity index (χ4v) is 4.04. The molecule has 1 heterocycles. The maximum Gasteiger partial charge on any atom is 0.239 e. The second-order valence-corrected chi connectivity index (χ2v) is 6.92. The molecule has 0 aliphatic heterocycles. The topological polar surface area (TPSA) is 68.0 Å². The third kappa shape index (κ3) is 2.65. The van der Waals surface area contributed by atoms with E-state index in [1.54, 1.807) is 0 Å². The van der Waals surface area contributed by atoms with Gasteiger partial charge in [-0.2, -0.15) is 0 Å². The number of aromatic nitrogens is 1. The van der Waals surface area contributed by atoms with E-state index >= 15 is 0 Å². The number of benzene rings is 1. The molecule has 21 heavy (non-hydrogen) atoms. The zero-order chi connectivity index (χ0) is 14.9. The van der Waals surface area contributed by atoms with Crippen molar-refractivity contribution in [3.8, 4) is 0 Å². The Morgan fingerprint density at radius 1 is 1.29 bits per heavy atom. The third-order valence-electron chi connectivity index (χ3n) is 4.13. The van der Waals surface area contributed by atoms with Gasteiger partial charge in [0.15, 0.2) is 5.13 Å². The molecule has 3 N–H and O–H groups in total. The van der Waals surface area contributed by atoms with Crippen LogP contribution in [-0.2, 0) is 4.79 Å². The van der Waals surface area contributed by atoms with Crippen LogP contribution in [0.1, 0.15) is 32.1 Å². The van der Waals surface area contributed by atoms with Crippen LogP contribution in [0, 0.1) is 5.41 Å². The fraction of sp³-hybridized carbons (Fsp3) is 0.400. The van der Waals surface area contributed by atoms with Gasteiger partial charge >= 0.3 is 0 Å². The zero-order valence-corrected chi connectivity index (χ0v) is 13.2. The van der Waals surface area contributed by atoms with E-state index < -0.39 is 5.41 Å². The number of thiocarbonyl (C=S) groups is 1. The number of amides is 1. The first-order valence-electron chi connectivity index (χ1n) is 7.09. The van der Waals surface area contributed by atoms with Crippen LogP contribution in [0.2, 0.25) is 0 Å². The van der Waals surface area contributed by atoms with Gasteiger partial charge in [-0.05, 0) is 25.0 Å². The van der Waals surface area contributed by atoms with Gasteiger partial charge in [0.05, 0.1) is 20.6 Å². The lowest BCUT2D eigenvalue weighted by atomic mass is 9.73. The van der Waals surface area contributed by atoms with Crippen LogP contribution in [0.4, 0.5) is 5.13 Å². The monoisotopic (exact) mass is 319 g/mol. The van der Waals surface area contributed by atoms with Gasteiger partial charge in [-0.3, -0.25) is 4.79 Å². The number of carbonyl (C=O) groups is 1. The molecular weight excluding hydrogens is 302 g/mol. The lowest BCUT2D eigenvalue weighted by Gasteiger charge is -2.34. The average molecular weight is 319 g/mol. The molecular formula is C15H17N3OS2. The highest BCUT2D eigenvalue weighted by Gasteiger charge is 2.42. The summed E-state index contributed by atoms with van der Waals surface area (Å²) in [6, 6.07) is 7.83.